The van der Waals surface area contributed by atoms with Gasteiger partial charge in [0.25, 0.3) is 0 Å². The van der Waals surface area contributed by atoms with Crippen LogP contribution in [0, 0.1) is 0 Å². The third kappa shape index (κ3) is 109. The van der Waals surface area contributed by atoms with E-state index in [4.69, 9.17) is 0 Å². The van der Waals surface area contributed by atoms with E-state index in [1.54, 1.807) is 0 Å². The molecule has 8 heteroatoms. The van der Waals surface area contributed by atoms with Gasteiger partial charge in [0.15, 0.2) is 0 Å². The van der Waals surface area contributed by atoms with E-state index in [0.29, 0.717) is 0 Å². The molecule has 0 aliphatic carbocycles. The molecule has 0 saturated carbocycles. The first-order chi connectivity index (χ1) is 0. The van der Waals surface area contributed by atoms with Crippen molar-refractivity contribution in [1.29, 1.82) is 0 Å². The monoisotopic (exact) mass is 303 g/mol. The normalized spacial score (nSPS) is 0. The molecule has 0 bridgehead atoms. The first-order valence-electron chi connectivity index (χ1n) is 0. The summed E-state index contributed by atoms with van der Waals surface area (Å²) in [5.41, 5.74) is 0. The van der Waals surface area contributed by atoms with Gasteiger partial charge in [-0.15, -0.1) is 0 Å². The maximum atomic E-state index is 0. The SMILES string of the molecule is [Mn+2].[O-2].[O-2].[O-2].[O-2].[O-2].[Sn+4].[Ti+4]. The second kappa shape index (κ2) is 161. The Morgan fingerprint density at radius 2 is 0.500 bits per heavy atom. The van der Waals surface area contributed by atoms with Crippen molar-refractivity contribution >= 4 is 23.9 Å². The molecule has 0 aliphatic rings. The quantitative estimate of drug-likeness (QED) is 0.507. The summed E-state index contributed by atoms with van der Waals surface area (Å²) in [6.45, 7) is 0. The second-order valence-corrected chi connectivity index (χ2v) is 0. The maximum absolute atomic E-state index is 0. The fourth-order valence-corrected chi connectivity index (χ4v) is 0. The van der Waals surface area contributed by atoms with Gasteiger partial charge in [-0.05, 0) is 0 Å². The predicted octanol–water partition coefficient (Wildman–Crippen LogP) is -0.980. The minimum atomic E-state index is 0. The molecule has 0 N–H and O–H groups in total. The fraction of sp³-hybridized carbons (Fsp3) is 0. The number of hydrogen-bond donors (Lipinski definition) is 0. The molecule has 8 heavy (non-hydrogen) atoms. The average Bonchev–Trinajstić information content (AvgIpc) is 0. The average molecular weight is 302 g/mol. The summed E-state index contributed by atoms with van der Waals surface area (Å²) in [7, 11) is 0. The van der Waals surface area contributed by atoms with Crippen molar-refractivity contribution in [1.82, 2.24) is 0 Å². The Morgan fingerprint density at radius 1 is 0.500 bits per heavy atom. The molecule has 0 heterocycles. The van der Waals surface area contributed by atoms with E-state index >= 15 is 0 Å². The first kappa shape index (κ1) is 228. The van der Waals surface area contributed by atoms with Crippen molar-refractivity contribution in [3.8, 4) is 0 Å². The number of hydrogen-bond acceptors (Lipinski definition) is 0. The Labute approximate surface area is 89.5 Å². The van der Waals surface area contributed by atoms with E-state index in [-0.39, 0.29) is 90.1 Å². The zero-order chi connectivity index (χ0) is 0. The molecular weight excluding hydrogens is 302 g/mol. The van der Waals surface area contributed by atoms with Crippen LogP contribution in [0.25, 0.3) is 0 Å². The van der Waals surface area contributed by atoms with Crippen LogP contribution in [0.1, 0.15) is 0 Å². The summed E-state index contributed by atoms with van der Waals surface area (Å²) in [5.74, 6) is 0. The Hall–Kier alpha value is 1.83. The minimum Gasteiger partial charge on any atom is -2.00 e. The van der Waals surface area contributed by atoms with Gasteiger partial charge in [-0.25, -0.2) is 0 Å². The van der Waals surface area contributed by atoms with Crippen LogP contribution in [0.15, 0.2) is 0 Å². The predicted molar refractivity (Wildman–Crippen MR) is 9.19 cm³/mol. The molecule has 0 fully saturated rings. The first-order valence-corrected chi connectivity index (χ1v) is 0. The van der Waals surface area contributed by atoms with Crippen LogP contribution in [-0.4, -0.2) is 23.9 Å². The minimum absolute atomic E-state index is 0. The van der Waals surface area contributed by atoms with E-state index in [1.807, 2.05) is 0 Å². The largest absolute Gasteiger partial charge is 4.00 e. The van der Waals surface area contributed by atoms with Crippen molar-refractivity contribution < 1.29 is 66.2 Å². The third-order valence-corrected chi connectivity index (χ3v) is 0. The van der Waals surface area contributed by atoms with Gasteiger partial charge in [0.1, 0.15) is 0 Å². The van der Waals surface area contributed by atoms with Crippen molar-refractivity contribution in [3.05, 3.63) is 0 Å². The standard InChI is InChI=1S/Mn.5O.Sn.Ti/q+2;5*-2;2*+4. The summed E-state index contributed by atoms with van der Waals surface area (Å²) in [5, 5.41) is 0. The maximum Gasteiger partial charge on any atom is 4.00 e. The van der Waals surface area contributed by atoms with Gasteiger partial charge in [-0.3, -0.25) is 0 Å². The summed E-state index contributed by atoms with van der Waals surface area (Å²) in [6, 6.07) is 0. The molecular formula is MnO5SnTi. The Bertz CT molecular complexity index is 12.4. The molecule has 0 aromatic heterocycles. The van der Waals surface area contributed by atoms with Gasteiger partial charge in [-0.1, -0.05) is 0 Å². The van der Waals surface area contributed by atoms with Crippen LogP contribution in [0.4, 0.5) is 0 Å². The van der Waals surface area contributed by atoms with Crippen molar-refractivity contribution in [2.24, 2.45) is 0 Å². The van der Waals surface area contributed by atoms with Crippen molar-refractivity contribution in [2.75, 3.05) is 0 Å². The molecule has 0 aromatic carbocycles. The summed E-state index contributed by atoms with van der Waals surface area (Å²) >= 11 is 0. The summed E-state index contributed by atoms with van der Waals surface area (Å²) < 4.78 is 0. The molecule has 1 radical (unpaired) electrons. The van der Waals surface area contributed by atoms with Crippen LogP contribution in [0.3, 0.4) is 0 Å². The van der Waals surface area contributed by atoms with Crippen molar-refractivity contribution in [3.63, 3.8) is 0 Å². The summed E-state index contributed by atoms with van der Waals surface area (Å²) in [4.78, 5) is 0. The molecule has 45 valence electrons. The van der Waals surface area contributed by atoms with Crippen LogP contribution in [-0.2, 0) is 66.2 Å². The van der Waals surface area contributed by atoms with Gasteiger partial charge in [0.2, 0.25) is 0 Å². The summed E-state index contributed by atoms with van der Waals surface area (Å²) in [6.07, 6.45) is 0. The molecule has 0 atom stereocenters. The molecule has 5 nitrogen and oxygen atoms in total. The molecule has 0 spiro atoms. The Kier molecular flexibility index (Phi) is 4610. The van der Waals surface area contributed by atoms with Gasteiger partial charge in [-0.2, -0.15) is 0 Å². The molecule has 0 aliphatic heterocycles. The smallest absolute Gasteiger partial charge is 2.00 e. The zero-order valence-electron chi connectivity index (χ0n) is 3.42. The molecule has 0 unspecified atom stereocenters. The van der Waals surface area contributed by atoms with E-state index in [2.05, 4.69) is 0 Å². The van der Waals surface area contributed by atoms with Gasteiger partial charge >= 0.3 is 62.7 Å². The van der Waals surface area contributed by atoms with E-state index in [9.17, 15) is 0 Å². The number of rotatable bonds is 0. The van der Waals surface area contributed by atoms with Crippen LogP contribution in [0.5, 0.6) is 0 Å². The van der Waals surface area contributed by atoms with Crippen LogP contribution in [0.2, 0.25) is 0 Å². The molecule has 0 saturated heterocycles. The molecule has 0 rings (SSSR count). The van der Waals surface area contributed by atoms with Crippen LogP contribution >= 0.6 is 0 Å². The topological polar surface area (TPSA) is 142 Å². The Balaban J connectivity index is 0. The molecule has 0 aromatic rings. The van der Waals surface area contributed by atoms with E-state index < -0.39 is 0 Å². The van der Waals surface area contributed by atoms with Gasteiger partial charge in [0, 0.05) is 0 Å². The Morgan fingerprint density at radius 3 is 0.500 bits per heavy atom. The zero-order valence-corrected chi connectivity index (χ0v) is 9.02. The van der Waals surface area contributed by atoms with Crippen molar-refractivity contribution in [2.45, 2.75) is 0 Å². The van der Waals surface area contributed by atoms with E-state index in [0.717, 1.165) is 0 Å². The second-order valence-electron chi connectivity index (χ2n) is 0. The fourth-order valence-electron chi connectivity index (χ4n) is 0. The molecule has 0 amide bonds. The van der Waals surface area contributed by atoms with Gasteiger partial charge < -0.3 is 27.4 Å². The van der Waals surface area contributed by atoms with E-state index in [1.165, 1.54) is 0 Å². The van der Waals surface area contributed by atoms with Crippen LogP contribution < -0.4 is 0 Å². The third-order valence-electron chi connectivity index (χ3n) is 0. The van der Waals surface area contributed by atoms with Gasteiger partial charge in [0.05, 0.1) is 0 Å².